The second kappa shape index (κ2) is 8.24. The summed E-state index contributed by atoms with van der Waals surface area (Å²) >= 11 is 0. The van der Waals surface area contributed by atoms with Crippen molar-refractivity contribution >= 4 is 11.6 Å². The van der Waals surface area contributed by atoms with Gasteiger partial charge in [0.2, 0.25) is 5.91 Å². The van der Waals surface area contributed by atoms with Gasteiger partial charge in [-0.25, -0.2) is 8.78 Å². The maximum absolute atomic E-state index is 13.3. The molecule has 1 saturated heterocycles. The number of carbonyl (C=O) groups excluding carboxylic acids is 1. The van der Waals surface area contributed by atoms with Crippen LogP contribution in [0, 0.1) is 17.6 Å². The summed E-state index contributed by atoms with van der Waals surface area (Å²) in [5, 5.41) is 20.1. The van der Waals surface area contributed by atoms with E-state index in [9.17, 15) is 23.8 Å². The van der Waals surface area contributed by atoms with E-state index in [1.165, 1.54) is 36.4 Å². The highest BCUT2D eigenvalue weighted by molar-refractivity contribution is 6.03. The van der Waals surface area contributed by atoms with Gasteiger partial charge < -0.3 is 15.1 Å². The summed E-state index contributed by atoms with van der Waals surface area (Å²) in [6.07, 6.45) is -0.0344. The van der Waals surface area contributed by atoms with Crippen LogP contribution in [0.2, 0.25) is 0 Å². The fourth-order valence-electron chi connectivity index (χ4n) is 3.96. The highest BCUT2D eigenvalue weighted by Gasteiger charge is 2.48. The van der Waals surface area contributed by atoms with Crippen LogP contribution in [0.3, 0.4) is 0 Å². The van der Waals surface area contributed by atoms with Gasteiger partial charge in [0, 0.05) is 5.69 Å². The number of aliphatic hydroxyl groups excluding tert-OH is 1. The largest absolute Gasteiger partial charge is 0.508 e. The van der Waals surface area contributed by atoms with Crippen molar-refractivity contribution in [1.29, 1.82) is 0 Å². The third-order valence-corrected chi connectivity index (χ3v) is 5.56. The fourth-order valence-corrected chi connectivity index (χ4v) is 3.96. The standard InChI is InChI=1S/C24H21F2NO3/c25-17-5-1-15(2-6-17)22(29)14-13-21-23(16-3-11-20(28)12-4-16)27(24(21)30)19-9-7-18(26)8-10-19/h1-12,21-23,28-29H,13-14H2/t21?,22-,23-/m1/s1. The average Bonchev–Trinajstić information content (AvgIpc) is 2.74. The molecule has 3 atom stereocenters. The number of β-lactam (4-membered cyclic amide) rings is 1. The molecule has 1 aliphatic heterocycles. The molecule has 0 radical (unpaired) electrons. The Bertz CT molecular complexity index is 1020. The van der Waals surface area contributed by atoms with Gasteiger partial charge in [0.05, 0.1) is 18.1 Å². The molecule has 1 heterocycles. The normalized spacial score (nSPS) is 19.4. The summed E-state index contributed by atoms with van der Waals surface area (Å²) in [5.41, 5.74) is 2.03. The monoisotopic (exact) mass is 409 g/mol. The van der Waals surface area contributed by atoms with Crippen LogP contribution in [0.25, 0.3) is 0 Å². The Labute approximate surface area is 173 Å². The molecule has 0 saturated carbocycles. The van der Waals surface area contributed by atoms with E-state index in [2.05, 4.69) is 0 Å². The Morgan fingerprint density at radius 1 is 0.867 bits per heavy atom. The van der Waals surface area contributed by atoms with Gasteiger partial charge in [0.25, 0.3) is 0 Å². The Morgan fingerprint density at radius 2 is 1.43 bits per heavy atom. The molecule has 0 spiro atoms. The summed E-state index contributed by atoms with van der Waals surface area (Å²) in [5.74, 6) is -1.10. The smallest absolute Gasteiger partial charge is 0.233 e. The van der Waals surface area contributed by atoms with Crippen LogP contribution in [-0.2, 0) is 4.79 Å². The number of nitrogens with zero attached hydrogens (tertiary/aromatic N) is 1. The lowest BCUT2D eigenvalue weighted by Gasteiger charge is -2.48. The van der Waals surface area contributed by atoms with Gasteiger partial charge in [-0.05, 0) is 72.5 Å². The summed E-state index contributed by atoms with van der Waals surface area (Å²) in [4.78, 5) is 14.6. The lowest BCUT2D eigenvalue weighted by molar-refractivity contribution is -0.131. The first-order valence-corrected chi connectivity index (χ1v) is 9.75. The second-order valence-corrected chi connectivity index (χ2v) is 7.47. The predicted octanol–water partition coefficient (Wildman–Crippen LogP) is 4.89. The highest BCUT2D eigenvalue weighted by atomic mass is 19.1. The molecule has 2 N–H and O–H groups in total. The number of aliphatic hydroxyl groups is 1. The molecule has 154 valence electrons. The minimum Gasteiger partial charge on any atom is -0.508 e. The van der Waals surface area contributed by atoms with E-state index in [1.807, 2.05) is 0 Å². The second-order valence-electron chi connectivity index (χ2n) is 7.47. The third-order valence-electron chi connectivity index (χ3n) is 5.56. The molecule has 1 fully saturated rings. The minimum absolute atomic E-state index is 0.106. The lowest BCUT2D eigenvalue weighted by Crippen LogP contribution is -2.55. The Morgan fingerprint density at radius 3 is 2.03 bits per heavy atom. The molecule has 30 heavy (non-hydrogen) atoms. The highest BCUT2D eigenvalue weighted by Crippen LogP contribution is 2.46. The van der Waals surface area contributed by atoms with Crippen molar-refractivity contribution in [2.45, 2.75) is 25.0 Å². The first-order chi connectivity index (χ1) is 14.4. The van der Waals surface area contributed by atoms with Crippen molar-refractivity contribution in [2.24, 2.45) is 5.92 Å². The quantitative estimate of drug-likeness (QED) is 0.570. The molecule has 1 unspecified atom stereocenters. The summed E-state index contributed by atoms with van der Waals surface area (Å²) in [6, 6.07) is 17.7. The molecular weight excluding hydrogens is 388 g/mol. The van der Waals surface area contributed by atoms with Crippen LogP contribution in [-0.4, -0.2) is 16.1 Å². The molecule has 3 aromatic carbocycles. The van der Waals surface area contributed by atoms with Crippen molar-refractivity contribution in [1.82, 2.24) is 0 Å². The van der Waals surface area contributed by atoms with Gasteiger partial charge in [-0.1, -0.05) is 24.3 Å². The molecule has 1 amide bonds. The van der Waals surface area contributed by atoms with Gasteiger partial charge in [-0.15, -0.1) is 0 Å². The van der Waals surface area contributed by atoms with Gasteiger partial charge in [0.1, 0.15) is 17.4 Å². The molecule has 0 aliphatic carbocycles. The number of amides is 1. The van der Waals surface area contributed by atoms with E-state index in [0.29, 0.717) is 24.1 Å². The van der Waals surface area contributed by atoms with Crippen molar-refractivity contribution in [3.05, 3.63) is 95.6 Å². The van der Waals surface area contributed by atoms with Crippen LogP contribution in [0.5, 0.6) is 5.75 Å². The van der Waals surface area contributed by atoms with E-state index in [-0.39, 0.29) is 35.3 Å². The van der Waals surface area contributed by atoms with E-state index in [1.54, 1.807) is 41.3 Å². The number of aromatic hydroxyl groups is 1. The van der Waals surface area contributed by atoms with Crippen molar-refractivity contribution in [2.75, 3.05) is 4.90 Å². The maximum Gasteiger partial charge on any atom is 0.233 e. The molecule has 3 aromatic rings. The zero-order chi connectivity index (χ0) is 21.3. The van der Waals surface area contributed by atoms with Crippen LogP contribution in [0.1, 0.15) is 36.1 Å². The van der Waals surface area contributed by atoms with E-state index < -0.39 is 6.10 Å². The van der Waals surface area contributed by atoms with Crippen LogP contribution in [0.4, 0.5) is 14.5 Å². The number of hydrogen-bond donors (Lipinski definition) is 2. The van der Waals surface area contributed by atoms with Gasteiger partial charge >= 0.3 is 0 Å². The fraction of sp³-hybridized carbons (Fsp3) is 0.208. The maximum atomic E-state index is 13.3. The Balaban J connectivity index is 1.55. The van der Waals surface area contributed by atoms with E-state index >= 15 is 0 Å². The van der Waals surface area contributed by atoms with Gasteiger partial charge in [-0.2, -0.15) is 0 Å². The number of phenols is 1. The summed E-state index contributed by atoms with van der Waals surface area (Å²) in [6.45, 7) is 0. The number of anilines is 1. The van der Waals surface area contributed by atoms with Gasteiger partial charge in [-0.3, -0.25) is 4.79 Å². The number of halogens is 2. The van der Waals surface area contributed by atoms with Crippen molar-refractivity contribution in [3.8, 4) is 5.75 Å². The van der Waals surface area contributed by atoms with Gasteiger partial charge in [0.15, 0.2) is 0 Å². The molecule has 6 heteroatoms. The first kappa shape index (κ1) is 20.0. The predicted molar refractivity (Wildman–Crippen MR) is 109 cm³/mol. The third kappa shape index (κ3) is 3.91. The minimum atomic E-state index is -0.807. The lowest BCUT2D eigenvalue weighted by atomic mass is 9.78. The number of benzene rings is 3. The van der Waals surface area contributed by atoms with E-state index in [4.69, 9.17) is 0 Å². The number of rotatable bonds is 6. The number of carbonyl (C=O) groups is 1. The first-order valence-electron chi connectivity index (χ1n) is 9.75. The molecule has 0 bridgehead atoms. The van der Waals surface area contributed by atoms with Crippen LogP contribution >= 0.6 is 0 Å². The number of hydrogen-bond acceptors (Lipinski definition) is 3. The summed E-state index contributed by atoms with van der Waals surface area (Å²) < 4.78 is 26.4. The zero-order valence-corrected chi connectivity index (χ0v) is 16.1. The topological polar surface area (TPSA) is 60.8 Å². The van der Waals surface area contributed by atoms with Crippen molar-refractivity contribution < 1.29 is 23.8 Å². The Hall–Kier alpha value is -3.25. The summed E-state index contributed by atoms with van der Waals surface area (Å²) in [7, 11) is 0. The Kier molecular flexibility index (Phi) is 5.50. The zero-order valence-electron chi connectivity index (χ0n) is 16.1. The molecule has 4 rings (SSSR count). The van der Waals surface area contributed by atoms with E-state index in [0.717, 1.165) is 5.56 Å². The molecular formula is C24H21F2NO3. The molecule has 1 aliphatic rings. The van der Waals surface area contributed by atoms with Crippen LogP contribution in [0.15, 0.2) is 72.8 Å². The molecule has 0 aromatic heterocycles. The SMILES string of the molecule is O=C1C(CC[C@@H](O)c2ccc(F)cc2)[C@@H](c2ccc(O)cc2)N1c1ccc(F)cc1. The average molecular weight is 409 g/mol. The van der Waals surface area contributed by atoms with Crippen molar-refractivity contribution in [3.63, 3.8) is 0 Å². The van der Waals surface area contributed by atoms with Crippen LogP contribution < -0.4 is 4.90 Å². The molecule has 4 nitrogen and oxygen atoms in total. The number of phenolic OH excluding ortho intramolecular Hbond substituents is 1.